The van der Waals surface area contributed by atoms with Crippen LogP contribution in [0.1, 0.15) is 64.3 Å². The molecule has 1 aliphatic carbocycles. The molecule has 0 saturated carbocycles. The van der Waals surface area contributed by atoms with E-state index >= 15 is 0 Å². The number of hydrogen-bond donors (Lipinski definition) is 1. The van der Waals surface area contributed by atoms with Crippen LogP contribution in [0, 0.1) is 11.3 Å². The summed E-state index contributed by atoms with van der Waals surface area (Å²) in [7, 11) is 1.35. The molecule has 186 valence electrons. The van der Waals surface area contributed by atoms with Crippen LogP contribution in [0.3, 0.4) is 0 Å². The number of ether oxygens (including phenoxy) is 2. The Kier molecular flexibility index (Phi) is 7.50. The van der Waals surface area contributed by atoms with Gasteiger partial charge in [0.15, 0.2) is 5.76 Å². The van der Waals surface area contributed by atoms with Crippen molar-refractivity contribution in [2.75, 3.05) is 12.4 Å². The Morgan fingerprint density at radius 1 is 1.20 bits per heavy atom. The summed E-state index contributed by atoms with van der Waals surface area (Å²) in [6.45, 7) is 6.79. The van der Waals surface area contributed by atoms with Crippen molar-refractivity contribution < 1.29 is 23.5 Å². The lowest BCUT2D eigenvalue weighted by atomic mass is 9.72. The normalized spacial score (nSPS) is 15.4. The summed E-state index contributed by atoms with van der Waals surface area (Å²) in [5.74, 6) is 0.633. The van der Waals surface area contributed by atoms with E-state index in [0.29, 0.717) is 38.0 Å². The number of fused-ring (bicyclic) bond motifs is 1. The SMILES string of the molecule is COC(=O)c1c(NC(=O)c2ccc(COc3ccc(Cl)cc3Cl)o2)sc2c1CC[C@H](C(C)(C)C)C2. The van der Waals surface area contributed by atoms with E-state index in [2.05, 4.69) is 26.1 Å². The highest BCUT2D eigenvalue weighted by Crippen LogP contribution is 2.44. The number of hydrogen-bond acceptors (Lipinski definition) is 6. The first-order chi connectivity index (χ1) is 16.6. The molecule has 1 N–H and O–H groups in total. The summed E-state index contributed by atoms with van der Waals surface area (Å²) in [6, 6.07) is 8.15. The van der Waals surface area contributed by atoms with Crippen LogP contribution in [0.15, 0.2) is 34.7 Å². The lowest BCUT2D eigenvalue weighted by Crippen LogP contribution is -2.26. The minimum absolute atomic E-state index is 0.0868. The van der Waals surface area contributed by atoms with Crippen molar-refractivity contribution in [2.24, 2.45) is 11.3 Å². The highest BCUT2D eigenvalue weighted by atomic mass is 35.5. The van der Waals surface area contributed by atoms with E-state index in [-0.39, 0.29) is 17.8 Å². The zero-order valence-corrected chi connectivity index (χ0v) is 22.3. The maximum absolute atomic E-state index is 13.0. The Hall–Kier alpha value is -2.48. The minimum Gasteiger partial charge on any atom is -0.484 e. The number of carbonyl (C=O) groups excluding carboxylic acids is 2. The quantitative estimate of drug-likeness (QED) is 0.332. The van der Waals surface area contributed by atoms with Gasteiger partial charge in [0.2, 0.25) is 0 Å². The van der Waals surface area contributed by atoms with Gasteiger partial charge in [0.1, 0.15) is 23.1 Å². The molecule has 6 nitrogen and oxygen atoms in total. The van der Waals surface area contributed by atoms with Crippen molar-refractivity contribution in [2.45, 2.75) is 46.6 Å². The third-order valence-electron chi connectivity index (χ3n) is 6.26. The third kappa shape index (κ3) is 5.68. The number of esters is 1. The molecule has 0 unspecified atom stereocenters. The van der Waals surface area contributed by atoms with Gasteiger partial charge >= 0.3 is 5.97 Å². The molecule has 2 aromatic heterocycles. The van der Waals surface area contributed by atoms with Gasteiger partial charge in [-0.15, -0.1) is 11.3 Å². The van der Waals surface area contributed by atoms with E-state index in [0.717, 1.165) is 29.7 Å². The second-order valence-corrected chi connectivity index (χ2v) is 11.5. The predicted octanol–water partition coefficient (Wildman–Crippen LogP) is 7.42. The first kappa shape index (κ1) is 25.6. The molecule has 9 heteroatoms. The van der Waals surface area contributed by atoms with Crippen molar-refractivity contribution in [3.05, 3.63) is 67.9 Å². The van der Waals surface area contributed by atoms with E-state index in [9.17, 15) is 9.59 Å². The average molecular weight is 536 g/mol. The number of carbonyl (C=O) groups is 2. The summed E-state index contributed by atoms with van der Waals surface area (Å²) < 4.78 is 16.4. The Balaban J connectivity index is 1.49. The first-order valence-electron chi connectivity index (χ1n) is 11.3. The summed E-state index contributed by atoms with van der Waals surface area (Å²) in [6.07, 6.45) is 2.65. The van der Waals surface area contributed by atoms with Crippen molar-refractivity contribution >= 4 is 51.4 Å². The molecule has 0 aliphatic heterocycles. The van der Waals surface area contributed by atoms with E-state index in [1.54, 1.807) is 30.3 Å². The zero-order valence-electron chi connectivity index (χ0n) is 20.0. The molecule has 1 aliphatic rings. The Morgan fingerprint density at radius 3 is 2.66 bits per heavy atom. The molecule has 0 saturated heterocycles. The Labute approximate surface area is 218 Å². The fraction of sp³-hybridized carbons (Fsp3) is 0.385. The number of methoxy groups -OCH3 is 1. The van der Waals surface area contributed by atoms with Gasteiger partial charge in [-0.1, -0.05) is 44.0 Å². The lowest BCUT2D eigenvalue weighted by Gasteiger charge is -2.33. The van der Waals surface area contributed by atoms with Gasteiger partial charge in [-0.25, -0.2) is 4.79 Å². The van der Waals surface area contributed by atoms with Crippen LogP contribution in [-0.4, -0.2) is 19.0 Å². The van der Waals surface area contributed by atoms with Gasteiger partial charge in [0, 0.05) is 9.90 Å². The number of amides is 1. The molecule has 1 aromatic carbocycles. The van der Waals surface area contributed by atoms with Crippen molar-refractivity contribution in [1.82, 2.24) is 0 Å². The number of rotatable bonds is 6. The van der Waals surface area contributed by atoms with Gasteiger partial charge in [0.05, 0.1) is 17.7 Å². The van der Waals surface area contributed by atoms with Crippen LogP contribution in [0.4, 0.5) is 5.00 Å². The van der Waals surface area contributed by atoms with Gasteiger partial charge < -0.3 is 19.2 Å². The number of anilines is 1. The summed E-state index contributed by atoms with van der Waals surface area (Å²) in [4.78, 5) is 26.7. The molecule has 0 radical (unpaired) electrons. The summed E-state index contributed by atoms with van der Waals surface area (Å²) >= 11 is 13.5. The van der Waals surface area contributed by atoms with Crippen LogP contribution >= 0.6 is 34.5 Å². The molecule has 3 aromatic rings. The number of halogens is 2. The molecule has 0 fully saturated rings. The van der Waals surface area contributed by atoms with E-state index in [1.807, 2.05) is 0 Å². The van der Waals surface area contributed by atoms with Crippen molar-refractivity contribution in [3.63, 3.8) is 0 Å². The molecule has 0 spiro atoms. The van der Waals surface area contributed by atoms with Gasteiger partial charge in [-0.05, 0) is 66.5 Å². The molecule has 1 atom stereocenters. The molecule has 35 heavy (non-hydrogen) atoms. The van der Waals surface area contributed by atoms with E-state index < -0.39 is 11.9 Å². The second kappa shape index (κ2) is 10.2. The minimum atomic E-state index is -0.447. The largest absolute Gasteiger partial charge is 0.484 e. The lowest BCUT2D eigenvalue weighted by molar-refractivity contribution is 0.0600. The molecule has 0 bridgehead atoms. The molecular formula is C26H27Cl2NO5S. The Morgan fingerprint density at radius 2 is 1.97 bits per heavy atom. The van der Waals surface area contributed by atoms with Crippen molar-refractivity contribution in [3.8, 4) is 5.75 Å². The molecular weight excluding hydrogens is 509 g/mol. The van der Waals surface area contributed by atoms with Crippen LogP contribution < -0.4 is 10.1 Å². The van der Waals surface area contributed by atoms with E-state index in [1.165, 1.54) is 18.4 Å². The maximum atomic E-state index is 13.0. The van der Waals surface area contributed by atoms with Crippen LogP contribution in [-0.2, 0) is 24.2 Å². The number of thiophene rings is 1. The predicted molar refractivity (Wildman–Crippen MR) is 138 cm³/mol. The Bertz CT molecular complexity index is 1260. The number of nitrogens with one attached hydrogen (secondary N) is 1. The van der Waals surface area contributed by atoms with E-state index in [4.69, 9.17) is 37.1 Å². The summed E-state index contributed by atoms with van der Waals surface area (Å²) in [5, 5.41) is 4.24. The standard InChI is InChI=1S/C26H27Cl2NO5S/c1-26(2,3)14-5-8-17-21(11-14)35-24(22(17)25(31)32-4)29-23(30)20-10-7-16(34-20)13-33-19-9-6-15(27)12-18(19)28/h6-7,9-10,12,14H,5,8,11,13H2,1-4H3,(H,29,30)/t14-/m0/s1. The van der Waals surface area contributed by atoms with Crippen LogP contribution in [0.25, 0.3) is 0 Å². The molecule has 2 heterocycles. The molecule has 4 rings (SSSR count). The number of benzene rings is 1. The van der Waals surface area contributed by atoms with Gasteiger partial charge in [-0.3, -0.25) is 4.79 Å². The van der Waals surface area contributed by atoms with Crippen LogP contribution in [0.2, 0.25) is 10.0 Å². The highest BCUT2D eigenvalue weighted by Gasteiger charge is 2.34. The number of furan rings is 1. The maximum Gasteiger partial charge on any atom is 0.341 e. The molecule has 1 amide bonds. The van der Waals surface area contributed by atoms with Crippen LogP contribution in [0.5, 0.6) is 5.75 Å². The second-order valence-electron chi connectivity index (χ2n) is 9.59. The first-order valence-corrected chi connectivity index (χ1v) is 12.8. The van der Waals surface area contributed by atoms with Crippen molar-refractivity contribution in [1.29, 1.82) is 0 Å². The average Bonchev–Trinajstić information content (AvgIpc) is 3.41. The topological polar surface area (TPSA) is 77.8 Å². The smallest absolute Gasteiger partial charge is 0.341 e. The highest BCUT2D eigenvalue weighted by molar-refractivity contribution is 7.17. The third-order valence-corrected chi connectivity index (χ3v) is 7.96. The zero-order chi connectivity index (χ0) is 25.3. The van der Waals surface area contributed by atoms with Gasteiger partial charge in [-0.2, -0.15) is 0 Å². The van der Waals surface area contributed by atoms with Gasteiger partial charge in [0.25, 0.3) is 5.91 Å². The fourth-order valence-electron chi connectivity index (χ4n) is 4.21. The monoisotopic (exact) mass is 535 g/mol. The fourth-order valence-corrected chi connectivity index (χ4v) is 5.99. The summed E-state index contributed by atoms with van der Waals surface area (Å²) in [5.41, 5.74) is 1.59.